The SMILES string of the molecule is CC1NCCC1c1nc(-c2ccc(Br)cn2)no1. The lowest BCUT2D eigenvalue weighted by Gasteiger charge is -2.08. The Kier molecular flexibility index (Phi) is 3.13. The third-order valence-corrected chi connectivity index (χ3v) is 3.71. The summed E-state index contributed by atoms with van der Waals surface area (Å²) in [4.78, 5) is 8.71. The summed E-state index contributed by atoms with van der Waals surface area (Å²) in [6.07, 6.45) is 2.77. The van der Waals surface area contributed by atoms with Gasteiger partial charge < -0.3 is 9.84 Å². The van der Waals surface area contributed by atoms with E-state index >= 15 is 0 Å². The minimum atomic E-state index is 0.307. The number of pyridine rings is 1. The van der Waals surface area contributed by atoms with Crippen LogP contribution < -0.4 is 5.32 Å². The molecule has 3 rings (SSSR count). The standard InChI is InChI=1S/C12H13BrN4O/c1-7-9(4-5-14-7)12-16-11(17-18-12)10-3-2-8(13)6-15-10/h2-3,6-7,9,14H,4-5H2,1H3. The second-order valence-corrected chi connectivity index (χ2v) is 5.37. The zero-order valence-electron chi connectivity index (χ0n) is 9.93. The molecule has 5 nitrogen and oxygen atoms in total. The molecule has 1 aliphatic rings. The lowest BCUT2D eigenvalue weighted by atomic mass is 10.0. The van der Waals surface area contributed by atoms with Gasteiger partial charge in [-0.05, 0) is 48.0 Å². The zero-order chi connectivity index (χ0) is 12.5. The van der Waals surface area contributed by atoms with E-state index in [-0.39, 0.29) is 0 Å². The van der Waals surface area contributed by atoms with Crippen molar-refractivity contribution in [1.82, 2.24) is 20.4 Å². The number of nitrogens with zero attached hydrogens (tertiary/aromatic N) is 3. The van der Waals surface area contributed by atoms with Gasteiger partial charge in [0.1, 0.15) is 5.69 Å². The number of hydrogen-bond acceptors (Lipinski definition) is 5. The van der Waals surface area contributed by atoms with Crippen LogP contribution in [0.15, 0.2) is 27.3 Å². The van der Waals surface area contributed by atoms with Crippen molar-refractivity contribution in [3.05, 3.63) is 28.7 Å². The topological polar surface area (TPSA) is 63.8 Å². The molecule has 0 bridgehead atoms. The lowest BCUT2D eigenvalue weighted by molar-refractivity contribution is 0.345. The third-order valence-electron chi connectivity index (χ3n) is 3.24. The van der Waals surface area contributed by atoms with Crippen LogP contribution in [0.5, 0.6) is 0 Å². The van der Waals surface area contributed by atoms with Crippen molar-refractivity contribution < 1.29 is 4.52 Å². The molecule has 2 atom stereocenters. The van der Waals surface area contributed by atoms with E-state index in [1.54, 1.807) is 6.20 Å². The molecule has 1 N–H and O–H groups in total. The highest BCUT2D eigenvalue weighted by molar-refractivity contribution is 9.10. The molecule has 1 saturated heterocycles. The summed E-state index contributed by atoms with van der Waals surface area (Å²) in [6.45, 7) is 3.14. The monoisotopic (exact) mass is 308 g/mol. The molecule has 18 heavy (non-hydrogen) atoms. The van der Waals surface area contributed by atoms with E-state index in [0.29, 0.717) is 23.7 Å². The first-order chi connectivity index (χ1) is 8.74. The minimum absolute atomic E-state index is 0.307. The van der Waals surface area contributed by atoms with Crippen molar-refractivity contribution in [3.63, 3.8) is 0 Å². The Balaban J connectivity index is 1.87. The van der Waals surface area contributed by atoms with Gasteiger partial charge >= 0.3 is 0 Å². The molecule has 2 aromatic rings. The molecule has 6 heteroatoms. The van der Waals surface area contributed by atoms with Crippen LogP contribution in [0.1, 0.15) is 25.2 Å². The van der Waals surface area contributed by atoms with Gasteiger partial charge in [0.05, 0.1) is 5.92 Å². The van der Waals surface area contributed by atoms with E-state index in [1.807, 2.05) is 12.1 Å². The fourth-order valence-electron chi connectivity index (χ4n) is 2.19. The minimum Gasteiger partial charge on any atom is -0.339 e. The Bertz CT molecular complexity index is 539. The van der Waals surface area contributed by atoms with E-state index < -0.39 is 0 Å². The molecule has 3 heterocycles. The molecule has 0 aromatic carbocycles. The van der Waals surface area contributed by atoms with Gasteiger partial charge in [-0.3, -0.25) is 4.98 Å². The largest absolute Gasteiger partial charge is 0.339 e. The number of hydrogen-bond donors (Lipinski definition) is 1. The highest BCUT2D eigenvalue weighted by atomic mass is 79.9. The van der Waals surface area contributed by atoms with Crippen LogP contribution in [0.4, 0.5) is 0 Å². The van der Waals surface area contributed by atoms with Gasteiger partial charge in [0.25, 0.3) is 0 Å². The summed E-state index contributed by atoms with van der Waals surface area (Å²) in [7, 11) is 0. The Morgan fingerprint density at radius 1 is 1.44 bits per heavy atom. The smallest absolute Gasteiger partial charge is 0.231 e. The van der Waals surface area contributed by atoms with Gasteiger partial charge in [-0.15, -0.1) is 0 Å². The fourth-order valence-corrected chi connectivity index (χ4v) is 2.43. The first kappa shape index (κ1) is 11.8. The second kappa shape index (κ2) is 4.78. The molecule has 2 unspecified atom stereocenters. The van der Waals surface area contributed by atoms with Gasteiger partial charge in [0.15, 0.2) is 0 Å². The molecular weight excluding hydrogens is 296 g/mol. The Hall–Kier alpha value is -1.27. The molecule has 1 fully saturated rings. The predicted molar refractivity (Wildman–Crippen MR) is 70.1 cm³/mol. The third kappa shape index (κ3) is 2.18. The van der Waals surface area contributed by atoms with Crippen LogP contribution in [-0.2, 0) is 0 Å². The Morgan fingerprint density at radius 3 is 3.00 bits per heavy atom. The molecule has 0 amide bonds. The summed E-state index contributed by atoms with van der Waals surface area (Å²) < 4.78 is 6.28. The van der Waals surface area contributed by atoms with Crippen molar-refractivity contribution in [2.24, 2.45) is 0 Å². The van der Waals surface area contributed by atoms with Gasteiger partial charge in [0, 0.05) is 16.7 Å². The second-order valence-electron chi connectivity index (χ2n) is 4.46. The van der Waals surface area contributed by atoms with Crippen LogP contribution in [0.25, 0.3) is 11.5 Å². The van der Waals surface area contributed by atoms with Crippen LogP contribution in [-0.4, -0.2) is 27.7 Å². The molecule has 1 aliphatic heterocycles. The molecule has 0 spiro atoms. The Labute approximate surface area is 113 Å². The quantitative estimate of drug-likeness (QED) is 0.922. The maximum absolute atomic E-state index is 5.35. The first-order valence-electron chi connectivity index (χ1n) is 5.93. The fraction of sp³-hybridized carbons (Fsp3) is 0.417. The average molecular weight is 309 g/mol. The molecule has 94 valence electrons. The lowest BCUT2D eigenvalue weighted by Crippen LogP contribution is -2.21. The van der Waals surface area contributed by atoms with Crippen molar-refractivity contribution in [2.45, 2.75) is 25.3 Å². The van der Waals surface area contributed by atoms with Gasteiger partial charge in [-0.2, -0.15) is 4.98 Å². The highest BCUT2D eigenvalue weighted by Crippen LogP contribution is 2.27. The number of halogens is 1. The van der Waals surface area contributed by atoms with Gasteiger partial charge in [0.2, 0.25) is 11.7 Å². The Morgan fingerprint density at radius 2 is 2.33 bits per heavy atom. The van der Waals surface area contributed by atoms with E-state index in [4.69, 9.17) is 4.52 Å². The van der Waals surface area contributed by atoms with Crippen molar-refractivity contribution >= 4 is 15.9 Å². The van der Waals surface area contributed by atoms with Crippen LogP contribution in [0.2, 0.25) is 0 Å². The van der Waals surface area contributed by atoms with Crippen molar-refractivity contribution in [2.75, 3.05) is 6.54 Å². The molecule has 0 radical (unpaired) electrons. The predicted octanol–water partition coefficient (Wildman–Crippen LogP) is 2.36. The van der Waals surface area contributed by atoms with Gasteiger partial charge in [-0.1, -0.05) is 5.16 Å². The summed E-state index contributed by atoms with van der Waals surface area (Å²) in [5.74, 6) is 1.56. The maximum atomic E-state index is 5.35. The van der Waals surface area contributed by atoms with Crippen LogP contribution in [0.3, 0.4) is 0 Å². The van der Waals surface area contributed by atoms with Crippen LogP contribution >= 0.6 is 15.9 Å². The average Bonchev–Trinajstić information content (AvgIpc) is 2.98. The molecule has 0 aliphatic carbocycles. The van der Waals surface area contributed by atoms with Crippen LogP contribution in [0, 0.1) is 0 Å². The van der Waals surface area contributed by atoms with E-state index in [2.05, 4.69) is 43.3 Å². The summed E-state index contributed by atoms with van der Waals surface area (Å²) in [5.41, 5.74) is 0.729. The summed E-state index contributed by atoms with van der Waals surface area (Å²) >= 11 is 3.35. The maximum Gasteiger partial charge on any atom is 0.231 e. The van der Waals surface area contributed by atoms with Crippen molar-refractivity contribution in [3.8, 4) is 11.5 Å². The summed E-state index contributed by atoms with van der Waals surface area (Å²) in [5, 5.41) is 7.38. The molecule has 2 aromatic heterocycles. The van der Waals surface area contributed by atoms with Gasteiger partial charge in [-0.25, -0.2) is 0 Å². The van der Waals surface area contributed by atoms with Crippen molar-refractivity contribution in [1.29, 1.82) is 0 Å². The van der Waals surface area contributed by atoms with E-state index in [9.17, 15) is 0 Å². The first-order valence-corrected chi connectivity index (χ1v) is 6.72. The normalized spacial score (nSPS) is 23.4. The highest BCUT2D eigenvalue weighted by Gasteiger charge is 2.29. The molecule has 0 saturated carbocycles. The molecular formula is C12H13BrN4O. The number of nitrogens with one attached hydrogen (secondary N) is 1. The zero-order valence-corrected chi connectivity index (χ0v) is 11.5. The summed E-state index contributed by atoms with van der Waals surface area (Å²) in [6, 6.07) is 4.17. The number of rotatable bonds is 2. The number of aromatic nitrogens is 3. The van der Waals surface area contributed by atoms with E-state index in [0.717, 1.165) is 23.1 Å². The van der Waals surface area contributed by atoms with E-state index in [1.165, 1.54) is 0 Å².